The van der Waals surface area contributed by atoms with E-state index < -0.39 is 23.4 Å². The average Bonchev–Trinajstić information content (AvgIpc) is 3.35. The van der Waals surface area contributed by atoms with Crippen molar-refractivity contribution in [2.75, 3.05) is 22.9 Å². The quantitative estimate of drug-likeness (QED) is 0.543. The number of pyridine rings is 2. The Morgan fingerprint density at radius 3 is 2.50 bits per heavy atom. The first-order chi connectivity index (χ1) is 17.6. The summed E-state index contributed by atoms with van der Waals surface area (Å²) in [6, 6.07) is 14.5. The molecule has 3 aromatic rings. The van der Waals surface area contributed by atoms with E-state index in [1.165, 1.54) is 5.56 Å². The smallest absolute Gasteiger partial charge is 0.328 e. The van der Waals surface area contributed by atoms with E-state index in [1.807, 2.05) is 30.3 Å². The van der Waals surface area contributed by atoms with Gasteiger partial charge in [-0.1, -0.05) is 18.2 Å². The lowest BCUT2D eigenvalue weighted by Crippen LogP contribution is -2.71. The van der Waals surface area contributed by atoms with Crippen molar-refractivity contribution < 1.29 is 19.1 Å². The van der Waals surface area contributed by atoms with Gasteiger partial charge in [0.15, 0.2) is 11.3 Å². The maximum atomic E-state index is 12.7. The molecule has 0 unspecified atom stereocenters. The minimum atomic E-state index is -1.46. The van der Waals surface area contributed by atoms with E-state index in [0.717, 1.165) is 30.9 Å². The number of ether oxygens (including phenoxy) is 1. The zero-order valence-electron chi connectivity index (χ0n) is 19.4. The SMILES string of the molecule is O=C1NC(=O)C2(CCCN2c2ccc(Oc3cccc4c3N(c3ccccn3)CCC4)nc2)C(=O)N1. The Bertz CT molecular complexity index is 1320. The van der Waals surface area contributed by atoms with E-state index in [1.54, 1.807) is 29.4 Å². The van der Waals surface area contributed by atoms with Crippen LogP contribution in [0.1, 0.15) is 24.8 Å². The Labute approximate surface area is 207 Å². The summed E-state index contributed by atoms with van der Waals surface area (Å²) in [5.74, 6) is 0.707. The van der Waals surface area contributed by atoms with Crippen LogP contribution in [0.25, 0.3) is 0 Å². The Balaban J connectivity index is 1.28. The van der Waals surface area contributed by atoms with Gasteiger partial charge >= 0.3 is 6.03 Å². The Hall–Kier alpha value is -4.47. The molecule has 3 aliphatic heterocycles. The molecule has 1 aromatic carbocycles. The standard InChI is InChI=1S/C26H24N6O4/c33-23-26(24(34)30-25(35)29-23)12-5-15-32(26)18-10-11-21(28-16-18)36-19-8-3-6-17-7-4-14-31(22(17)19)20-9-1-2-13-27-20/h1-3,6,8-11,13,16H,4-5,7,12,14-15H2,(H2,29,30,33,34,35). The normalized spacial score (nSPS) is 18.6. The van der Waals surface area contributed by atoms with Crippen molar-refractivity contribution in [3.63, 3.8) is 0 Å². The maximum absolute atomic E-state index is 12.7. The highest BCUT2D eigenvalue weighted by Crippen LogP contribution is 2.42. The van der Waals surface area contributed by atoms with E-state index in [-0.39, 0.29) is 0 Å². The van der Waals surface area contributed by atoms with Crippen LogP contribution in [-0.2, 0) is 16.0 Å². The summed E-state index contributed by atoms with van der Waals surface area (Å²) in [5, 5.41) is 4.45. The maximum Gasteiger partial charge on any atom is 0.328 e. The van der Waals surface area contributed by atoms with Gasteiger partial charge in [0.2, 0.25) is 5.88 Å². The van der Waals surface area contributed by atoms with Crippen LogP contribution in [0.5, 0.6) is 11.6 Å². The van der Waals surface area contributed by atoms with Gasteiger partial charge in [0.25, 0.3) is 11.8 Å². The molecule has 2 aromatic heterocycles. The lowest BCUT2D eigenvalue weighted by Gasteiger charge is -2.38. The number of imide groups is 2. The number of anilines is 3. The molecule has 36 heavy (non-hydrogen) atoms. The van der Waals surface area contributed by atoms with Gasteiger partial charge < -0.3 is 14.5 Å². The fraction of sp³-hybridized carbons (Fsp3) is 0.269. The lowest BCUT2D eigenvalue weighted by molar-refractivity contribution is -0.137. The zero-order valence-corrected chi connectivity index (χ0v) is 19.4. The number of amides is 4. The number of nitrogens with one attached hydrogen (secondary N) is 2. The minimum absolute atomic E-state index is 0.315. The van der Waals surface area contributed by atoms with Crippen molar-refractivity contribution in [3.05, 3.63) is 66.5 Å². The number of aryl methyl sites for hydroxylation is 1. The molecule has 5 heterocycles. The molecule has 0 saturated carbocycles. The molecule has 182 valence electrons. The molecule has 0 aliphatic carbocycles. The van der Waals surface area contributed by atoms with Crippen LogP contribution >= 0.6 is 0 Å². The monoisotopic (exact) mass is 484 g/mol. The molecular formula is C26H24N6O4. The topological polar surface area (TPSA) is 117 Å². The number of barbiturate groups is 1. The number of carbonyl (C=O) groups is 3. The predicted octanol–water partition coefficient (Wildman–Crippen LogP) is 3.06. The van der Waals surface area contributed by atoms with Gasteiger partial charge in [-0.3, -0.25) is 20.2 Å². The first-order valence-corrected chi connectivity index (χ1v) is 12.0. The van der Waals surface area contributed by atoms with Crippen LogP contribution in [0.15, 0.2) is 60.9 Å². The van der Waals surface area contributed by atoms with Crippen molar-refractivity contribution in [1.82, 2.24) is 20.6 Å². The third-order valence-corrected chi connectivity index (χ3v) is 6.94. The number of benzene rings is 1. The molecule has 10 heteroatoms. The van der Waals surface area contributed by atoms with Crippen molar-refractivity contribution in [1.29, 1.82) is 0 Å². The van der Waals surface area contributed by atoms with Gasteiger partial charge in [-0.15, -0.1) is 0 Å². The number of urea groups is 1. The zero-order chi connectivity index (χ0) is 24.7. The Morgan fingerprint density at radius 2 is 1.75 bits per heavy atom. The third-order valence-electron chi connectivity index (χ3n) is 6.94. The highest BCUT2D eigenvalue weighted by atomic mass is 16.5. The van der Waals surface area contributed by atoms with Crippen molar-refractivity contribution in [3.8, 4) is 11.6 Å². The summed E-state index contributed by atoms with van der Waals surface area (Å²) in [6.45, 7) is 1.32. The second-order valence-corrected chi connectivity index (χ2v) is 9.02. The van der Waals surface area contributed by atoms with E-state index in [4.69, 9.17) is 4.74 Å². The van der Waals surface area contributed by atoms with Gasteiger partial charge in [0.1, 0.15) is 5.82 Å². The van der Waals surface area contributed by atoms with E-state index >= 15 is 0 Å². The summed E-state index contributed by atoms with van der Waals surface area (Å²) in [6.07, 6.45) is 6.28. The van der Waals surface area contributed by atoms with Crippen molar-refractivity contribution >= 4 is 35.0 Å². The fourth-order valence-electron chi connectivity index (χ4n) is 5.33. The molecule has 0 bridgehead atoms. The summed E-state index contributed by atoms with van der Waals surface area (Å²) in [5.41, 5.74) is 1.31. The van der Waals surface area contributed by atoms with Crippen LogP contribution < -0.4 is 25.2 Å². The second-order valence-electron chi connectivity index (χ2n) is 9.02. The second kappa shape index (κ2) is 8.63. The summed E-state index contributed by atoms with van der Waals surface area (Å²) >= 11 is 0. The van der Waals surface area contributed by atoms with Crippen molar-refractivity contribution in [2.45, 2.75) is 31.2 Å². The molecule has 0 radical (unpaired) electrons. The molecule has 6 rings (SSSR count). The number of fused-ring (bicyclic) bond motifs is 1. The van der Waals surface area contributed by atoms with E-state index in [0.29, 0.717) is 36.7 Å². The molecule has 4 amide bonds. The average molecular weight is 485 g/mol. The predicted molar refractivity (Wildman–Crippen MR) is 131 cm³/mol. The number of hydrogen-bond acceptors (Lipinski definition) is 8. The van der Waals surface area contributed by atoms with Crippen LogP contribution in [0.4, 0.5) is 22.0 Å². The first-order valence-electron chi connectivity index (χ1n) is 12.0. The van der Waals surface area contributed by atoms with Crippen LogP contribution in [0.3, 0.4) is 0 Å². The van der Waals surface area contributed by atoms with E-state index in [2.05, 4.69) is 31.6 Å². The molecule has 1 spiro atoms. The van der Waals surface area contributed by atoms with Gasteiger partial charge in [-0.25, -0.2) is 14.8 Å². The van der Waals surface area contributed by atoms with Gasteiger partial charge in [0, 0.05) is 25.4 Å². The van der Waals surface area contributed by atoms with Gasteiger partial charge in [0.05, 0.1) is 17.6 Å². The summed E-state index contributed by atoms with van der Waals surface area (Å²) < 4.78 is 6.24. The molecule has 2 saturated heterocycles. The van der Waals surface area contributed by atoms with E-state index in [9.17, 15) is 14.4 Å². The summed E-state index contributed by atoms with van der Waals surface area (Å²) in [4.78, 5) is 49.9. The number of nitrogens with zero attached hydrogens (tertiary/aromatic N) is 4. The molecular weight excluding hydrogens is 460 g/mol. The molecule has 2 N–H and O–H groups in total. The Kier molecular flexibility index (Phi) is 5.28. The molecule has 2 fully saturated rings. The van der Waals surface area contributed by atoms with Gasteiger partial charge in [-0.05, 0) is 55.5 Å². The number of para-hydroxylation sites is 1. The van der Waals surface area contributed by atoms with Crippen LogP contribution in [-0.4, -0.2) is 46.4 Å². The third kappa shape index (κ3) is 3.53. The van der Waals surface area contributed by atoms with Gasteiger partial charge in [-0.2, -0.15) is 0 Å². The number of rotatable bonds is 4. The largest absolute Gasteiger partial charge is 0.437 e. The number of hydrogen-bond donors (Lipinski definition) is 2. The first kappa shape index (κ1) is 22.0. The minimum Gasteiger partial charge on any atom is -0.437 e. The number of aromatic nitrogens is 2. The fourth-order valence-corrected chi connectivity index (χ4v) is 5.33. The highest BCUT2D eigenvalue weighted by Gasteiger charge is 2.57. The van der Waals surface area contributed by atoms with Crippen molar-refractivity contribution in [2.24, 2.45) is 0 Å². The van der Waals surface area contributed by atoms with Crippen LogP contribution in [0, 0.1) is 0 Å². The molecule has 10 nitrogen and oxygen atoms in total. The number of carbonyl (C=O) groups excluding carboxylic acids is 3. The lowest BCUT2D eigenvalue weighted by atomic mass is 9.92. The summed E-state index contributed by atoms with van der Waals surface area (Å²) in [7, 11) is 0. The Morgan fingerprint density at radius 1 is 0.889 bits per heavy atom. The molecule has 3 aliphatic rings. The molecule has 0 atom stereocenters. The van der Waals surface area contributed by atoms with Crippen LogP contribution in [0.2, 0.25) is 0 Å². The highest BCUT2D eigenvalue weighted by molar-refractivity contribution is 6.24.